The molecule has 0 bridgehead atoms. The van der Waals surface area contributed by atoms with Crippen molar-refractivity contribution in [2.45, 2.75) is 6.61 Å². The summed E-state index contributed by atoms with van der Waals surface area (Å²) < 4.78 is 5.83. The molecule has 1 aromatic heterocycles. The highest BCUT2D eigenvalue weighted by molar-refractivity contribution is 7.18. The van der Waals surface area contributed by atoms with Gasteiger partial charge in [0.1, 0.15) is 23.1 Å². The zero-order valence-corrected chi connectivity index (χ0v) is 16.4. The normalized spacial score (nSPS) is 10.5. The summed E-state index contributed by atoms with van der Waals surface area (Å²) in [5.74, 6) is 0.672. The van der Waals surface area contributed by atoms with E-state index in [-0.39, 0.29) is 11.6 Å². The molecule has 144 valence electrons. The first-order chi connectivity index (χ1) is 14.2. The Bertz CT molecular complexity index is 1110. The summed E-state index contributed by atoms with van der Waals surface area (Å²) in [4.78, 5) is 17.7. The fourth-order valence-electron chi connectivity index (χ4n) is 2.79. The molecule has 5 nitrogen and oxygen atoms in total. The molecule has 1 heterocycles. The molecule has 0 saturated heterocycles. The van der Waals surface area contributed by atoms with Crippen molar-refractivity contribution in [2.75, 3.05) is 11.1 Å². The number of nitrogens with zero attached hydrogens (tertiary/aromatic N) is 1. The number of thiazole rings is 1. The lowest BCUT2D eigenvalue weighted by Gasteiger charge is -2.07. The van der Waals surface area contributed by atoms with Gasteiger partial charge in [0.05, 0.1) is 0 Å². The molecule has 29 heavy (non-hydrogen) atoms. The molecule has 0 unspecified atom stereocenters. The van der Waals surface area contributed by atoms with Crippen molar-refractivity contribution in [1.82, 2.24) is 4.98 Å². The molecule has 0 atom stereocenters. The van der Waals surface area contributed by atoms with Crippen LogP contribution in [0.2, 0.25) is 0 Å². The molecular weight excluding hydrogens is 382 g/mol. The second-order valence-corrected chi connectivity index (χ2v) is 7.35. The molecule has 0 amide bonds. The van der Waals surface area contributed by atoms with Gasteiger partial charge in [-0.05, 0) is 29.8 Å². The number of nitrogen functional groups attached to an aromatic ring is 1. The third-order valence-corrected chi connectivity index (χ3v) is 5.21. The highest BCUT2D eigenvalue weighted by atomic mass is 32.1. The highest BCUT2D eigenvalue weighted by Gasteiger charge is 2.18. The minimum absolute atomic E-state index is 0.175. The SMILES string of the molecule is Nc1nc(Nc2ccccc2)sc1C(=O)c1cccc(OCc2ccccc2)c1. The Morgan fingerprint density at radius 3 is 2.45 bits per heavy atom. The van der Waals surface area contributed by atoms with E-state index in [4.69, 9.17) is 10.5 Å². The van der Waals surface area contributed by atoms with Gasteiger partial charge in [0.15, 0.2) is 5.13 Å². The number of ketones is 1. The largest absolute Gasteiger partial charge is 0.489 e. The summed E-state index contributed by atoms with van der Waals surface area (Å²) in [5.41, 5.74) is 8.47. The summed E-state index contributed by atoms with van der Waals surface area (Å²) in [6.45, 7) is 0.437. The Kier molecular flexibility index (Phi) is 5.54. The van der Waals surface area contributed by atoms with E-state index < -0.39 is 0 Å². The smallest absolute Gasteiger partial charge is 0.206 e. The number of anilines is 3. The van der Waals surface area contributed by atoms with Crippen molar-refractivity contribution >= 4 is 33.8 Å². The Morgan fingerprint density at radius 1 is 0.966 bits per heavy atom. The lowest BCUT2D eigenvalue weighted by Crippen LogP contribution is -2.03. The van der Waals surface area contributed by atoms with Crippen LogP contribution in [-0.2, 0) is 6.61 Å². The van der Waals surface area contributed by atoms with E-state index in [9.17, 15) is 4.79 Å². The van der Waals surface area contributed by atoms with Crippen LogP contribution in [-0.4, -0.2) is 10.8 Å². The van der Waals surface area contributed by atoms with Gasteiger partial charge in [-0.3, -0.25) is 4.79 Å². The molecule has 0 aliphatic rings. The third-order valence-electron chi connectivity index (χ3n) is 4.23. The van der Waals surface area contributed by atoms with Crippen LogP contribution in [0.1, 0.15) is 20.8 Å². The number of carbonyl (C=O) groups excluding carboxylic acids is 1. The number of nitrogens with one attached hydrogen (secondary N) is 1. The molecule has 3 aromatic carbocycles. The van der Waals surface area contributed by atoms with Gasteiger partial charge < -0.3 is 15.8 Å². The van der Waals surface area contributed by atoms with Crippen LogP contribution in [0.15, 0.2) is 84.9 Å². The first-order valence-electron chi connectivity index (χ1n) is 9.09. The number of nitrogens with two attached hydrogens (primary N) is 1. The number of aromatic nitrogens is 1. The van der Waals surface area contributed by atoms with E-state index >= 15 is 0 Å². The number of rotatable bonds is 7. The Morgan fingerprint density at radius 2 is 1.69 bits per heavy atom. The third kappa shape index (κ3) is 4.62. The summed E-state index contributed by atoms with van der Waals surface area (Å²) in [6.07, 6.45) is 0. The molecule has 0 radical (unpaired) electrons. The number of hydrogen-bond donors (Lipinski definition) is 2. The van der Waals surface area contributed by atoms with Gasteiger partial charge in [-0.1, -0.05) is 72.0 Å². The average molecular weight is 401 g/mol. The van der Waals surface area contributed by atoms with E-state index in [1.165, 1.54) is 11.3 Å². The van der Waals surface area contributed by atoms with Gasteiger partial charge >= 0.3 is 0 Å². The van der Waals surface area contributed by atoms with Crippen LogP contribution >= 0.6 is 11.3 Å². The van der Waals surface area contributed by atoms with E-state index in [0.717, 1.165) is 11.3 Å². The predicted octanol–water partition coefficient (Wildman–Crippen LogP) is 5.28. The zero-order chi connectivity index (χ0) is 20.1. The molecule has 0 aliphatic carbocycles. The fourth-order valence-corrected chi connectivity index (χ4v) is 3.66. The van der Waals surface area contributed by atoms with Crippen LogP contribution in [0.3, 0.4) is 0 Å². The lowest BCUT2D eigenvalue weighted by atomic mass is 10.1. The number of para-hydroxylation sites is 1. The maximum Gasteiger partial charge on any atom is 0.206 e. The number of ether oxygens (including phenoxy) is 1. The summed E-state index contributed by atoms with van der Waals surface area (Å²) in [5, 5.41) is 3.75. The number of hydrogen-bond acceptors (Lipinski definition) is 6. The van der Waals surface area contributed by atoms with E-state index in [0.29, 0.717) is 27.9 Å². The van der Waals surface area contributed by atoms with Crippen molar-refractivity contribution in [3.63, 3.8) is 0 Å². The molecule has 0 fully saturated rings. The monoisotopic (exact) mass is 401 g/mol. The van der Waals surface area contributed by atoms with Crippen molar-refractivity contribution in [2.24, 2.45) is 0 Å². The van der Waals surface area contributed by atoms with Crippen molar-refractivity contribution in [3.8, 4) is 5.75 Å². The van der Waals surface area contributed by atoms with Crippen LogP contribution < -0.4 is 15.8 Å². The molecule has 6 heteroatoms. The Hall–Kier alpha value is -3.64. The number of benzene rings is 3. The molecule has 0 saturated carbocycles. The standard InChI is InChI=1S/C23H19N3O2S/c24-22-21(29-23(26-22)25-18-11-5-2-6-12-18)20(27)17-10-7-13-19(14-17)28-15-16-8-3-1-4-9-16/h1-14H,15,24H2,(H,25,26). The maximum absolute atomic E-state index is 13.0. The van der Waals surface area contributed by atoms with Gasteiger partial charge in [-0.15, -0.1) is 0 Å². The van der Waals surface area contributed by atoms with Gasteiger partial charge in [-0.25, -0.2) is 4.98 Å². The van der Waals surface area contributed by atoms with Crippen LogP contribution in [0.25, 0.3) is 0 Å². The minimum Gasteiger partial charge on any atom is -0.489 e. The second-order valence-electron chi connectivity index (χ2n) is 6.36. The number of carbonyl (C=O) groups is 1. The topological polar surface area (TPSA) is 77.2 Å². The summed E-state index contributed by atoms with van der Waals surface area (Å²) in [7, 11) is 0. The maximum atomic E-state index is 13.0. The quantitative estimate of drug-likeness (QED) is 0.412. The fraction of sp³-hybridized carbons (Fsp3) is 0.0435. The van der Waals surface area contributed by atoms with Crippen LogP contribution in [0.4, 0.5) is 16.6 Å². The van der Waals surface area contributed by atoms with Crippen molar-refractivity contribution in [3.05, 3.63) is 101 Å². The van der Waals surface area contributed by atoms with Crippen molar-refractivity contribution in [1.29, 1.82) is 0 Å². The predicted molar refractivity (Wildman–Crippen MR) is 117 cm³/mol. The first-order valence-corrected chi connectivity index (χ1v) is 9.90. The van der Waals surface area contributed by atoms with Gasteiger partial charge in [0.25, 0.3) is 0 Å². The van der Waals surface area contributed by atoms with Gasteiger partial charge in [0.2, 0.25) is 5.78 Å². The summed E-state index contributed by atoms with van der Waals surface area (Å²) in [6, 6.07) is 26.6. The summed E-state index contributed by atoms with van der Waals surface area (Å²) >= 11 is 1.24. The molecule has 4 aromatic rings. The lowest BCUT2D eigenvalue weighted by molar-refractivity contribution is 0.104. The molecular formula is C23H19N3O2S. The molecule has 4 rings (SSSR count). The van der Waals surface area contributed by atoms with Gasteiger partial charge in [-0.2, -0.15) is 0 Å². The van der Waals surface area contributed by atoms with Crippen molar-refractivity contribution < 1.29 is 9.53 Å². The Balaban J connectivity index is 1.49. The first kappa shape index (κ1) is 18.7. The van der Waals surface area contributed by atoms with E-state index in [1.807, 2.05) is 66.7 Å². The highest BCUT2D eigenvalue weighted by Crippen LogP contribution is 2.30. The van der Waals surface area contributed by atoms with Crippen LogP contribution in [0.5, 0.6) is 5.75 Å². The van der Waals surface area contributed by atoms with E-state index in [2.05, 4.69) is 10.3 Å². The Labute approximate surface area is 172 Å². The second kappa shape index (κ2) is 8.58. The molecule has 3 N–H and O–H groups in total. The zero-order valence-electron chi connectivity index (χ0n) is 15.5. The average Bonchev–Trinajstić information content (AvgIpc) is 3.13. The van der Waals surface area contributed by atoms with Crippen LogP contribution in [0, 0.1) is 0 Å². The molecule has 0 spiro atoms. The van der Waals surface area contributed by atoms with Gasteiger partial charge in [0, 0.05) is 11.3 Å². The molecule has 0 aliphatic heterocycles. The van der Waals surface area contributed by atoms with E-state index in [1.54, 1.807) is 18.2 Å². The minimum atomic E-state index is -0.175.